The summed E-state index contributed by atoms with van der Waals surface area (Å²) in [5.41, 5.74) is 3.41. The second-order valence-electron chi connectivity index (χ2n) is 4.76. The van der Waals surface area contributed by atoms with Crippen molar-refractivity contribution in [3.63, 3.8) is 0 Å². The molecule has 1 N–H and O–H groups in total. The fourth-order valence-electron chi connectivity index (χ4n) is 2.37. The van der Waals surface area contributed by atoms with Crippen molar-refractivity contribution in [3.05, 3.63) is 64.9 Å². The van der Waals surface area contributed by atoms with E-state index >= 15 is 0 Å². The number of fused-ring (bicyclic) bond motifs is 1. The molecule has 2 aromatic carbocycles. The van der Waals surface area contributed by atoms with Crippen molar-refractivity contribution in [1.82, 2.24) is 14.9 Å². The van der Waals surface area contributed by atoms with Gasteiger partial charge in [0.05, 0.1) is 17.6 Å². The van der Waals surface area contributed by atoms with Crippen LogP contribution >= 0.6 is 11.6 Å². The Morgan fingerprint density at radius 3 is 2.60 bits per heavy atom. The third-order valence-electron chi connectivity index (χ3n) is 3.32. The molecule has 0 atom stereocenters. The number of nitrogens with one attached hydrogen (secondary N) is 1. The molecule has 0 aliphatic rings. The van der Waals surface area contributed by atoms with E-state index in [2.05, 4.69) is 28.1 Å². The molecule has 102 valence electrons. The first-order chi connectivity index (χ1) is 9.78. The lowest BCUT2D eigenvalue weighted by atomic mass is 10.2. The van der Waals surface area contributed by atoms with Gasteiger partial charge in [0.2, 0.25) is 0 Å². The molecule has 3 nitrogen and oxygen atoms in total. The van der Waals surface area contributed by atoms with Gasteiger partial charge in [0.15, 0.2) is 0 Å². The number of hydrogen-bond donors (Lipinski definition) is 1. The number of nitrogens with zero attached hydrogens (tertiary/aromatic N) is 2. The molecule has 0 aliphatic carbocycles. The topological polar surface area (TPSA) is 29.9 Å². The molecule has 1 aromatic heterocycles. The van der Waals surface area contributed by atoms with E-state index in [1.165, 1.54) is 5.56 Å². The minimum atomic E-state index is 0.752. The lowest BCUT2D eigenvalue weighted by Crippen LogP contribution is -2.13. The van der Waals surface area contributed by atoms with Gasteiger partial charge in [0.25, 0.3) is 0 Å². The van der Waals surface area contributed by atoms with Gasteiger partial charge in [0, 0.05) is 11.6 Å². The molecule has 0 amide bonds. The molecule has 0 spiro atoms. The van der Waals surface area contributed by atoms with Crippen LogP contribution in [-0.2, 0) is 13.1 Å². The average molecular weight is 286 g/mol. The van der Waals surface area contributed by atoms with Crippen LogP contribution in [0.4, 0.5) is 0 Å². The first kappa shape index (κ1) is 13.2. The minimum Gasteiger partial charge on any atom is -0.322 e. The van der Waals surface area contributed by atoms with E-state index in [1.54, 1.807) is 0 Å². The van der Waals surface area contributed by atoms with E-state index in [4.69, 9.17) is 16.6 Å². The molecule has 1 heterocycles. The molecule has 4 heteroatoms. The zero-order valence-electron chi connectivity index (χ0n) is 11.3. The Morgan fingerprint density at radius 1 is 1.10 bits per heavy atom. The lowest BCUT2D eigenvalue weighted by Gasteiger charge is -2.09. The highest BCUT2D eigenvalue weighted by Gasteiger charge is 2.09. The van der Waals surface area contributed by atoms with Crippen molar-refractivity contribution in [3.8, 4) is 0 Å². The molecule has 0 radical (unpaired) electrons. The second-order valence-corrected chi connectivity index (χ2v) is 5.20. The highest BCUT2D eigenvalue weighted by atomic mass is 35.5. The average Bonchev–Trinajstić information content (AvgIpc) is 2.80. The summed E-state index contributed by atoms with van der Waals surface area (Å²) in [4.78, 5) is 4.69. The Hall–Kier alpha value is -1.84. The molecular formula is C16H16ClN3. The van der Waals surface area contributed by atoms with Crippen molar-refractivity contribution in [2.45, 2.75) is 13.1 Å². The number of imidazole rings is 1. The van der Waals surface area contributed by atoms with Crippen LogP contribution in [0.25, 0.3) is 11.0 Å². The van der Waals surface area contributed by atoms with Gasteiger partial charge in [0.1, 0.15) is 5.82 Å². The summed E-state index contributed by atoms with van der Waals surface area (Å²) in [5.74, 6) is 1.05. The molecule has 0 unspecified atom stereocenters. The monoisotopic (exact) mass is 285 g/mol. The molecule has 0 aliphatic heterocycles. The van der Waals surface area contributed by atoms with Gasteiger partial charge in [-0.05, 0) is 36.9 Å². The lowest BCUT2D eigenvalue weighted by molar-refractivity contribution is 0.686. The maximum Gasteiger partial charge on any atom is 0.124 e. The van der Waals surface area contributed by atoms with E-state index < -0.39 is 0 Å². The Labute approximate surface area is 123 Å². The van der Waals surface area contributed by atoms with Gasteiger partial charge in [-0.3, -0.25) is 0 Å². The quantitative estimate of drug-likeness (QED) is 0.796. The molecule has 0 bridgehead atoms. The highest BCUT2D eigenvalue weighted by Crippen LogP contribution is 2.19. The summed E-state index contributed by atoms with van der Waals surface area (Å²) in [6.07, 6.45) is 0. The smallest absolute Gasteiger partial charge is 0.124 e. The zero-order valence-corrected chi connectivity index (χ0v) is 12.1. The Balaban J connectivity index is 2.04. The minimum absolute atomic E-state index is 0.752. The summed E-state index contributed by atoms with van der Waals surface area (Å²) in [5, 5.41) is 3.94. The summed E-state index contributed by atoms with van der Waals surface area (Å²) >= 11 is 5.94. The standard InChI is InChI=1S/C16H16ClN3/c1-18-10-16-19-14-4-2-3-5-15(14)20(16)11-12-6-8-13(17)9-7-12/h2-9,18H,10-11H2,1H3. The van der Waals surface area contributed by atoms with Crippen LogP contribution in [0.1, 0.15) is 11.4 Å². The van der Waals surface area contributed by atoms with Gasteiger partial charge in [-0.2, -0.15) is 0 Å². The van der Waals surface area contributed by atoms with Crippen LogP contribution in [-0.4, -0.2) is 16.6 Å². The van der Waals surface area contributed by atoms with Crippen molar-refractivity contribution >= 4 is 22.6 Å². The summed E-state index contributed by atoms with van der Waals surface area (Å²) in [7, 11) is 1.94. The molecule has 0 saturated heterocycles. The van der Waals surface area contributed by atoms with E-state index in [0.717, 1.165) is 35.0 Å². The zero-order chi connectivity index (χ0) is 13.9. The normalized spacial score (nSPS) is 11.1. The van der Waals surface area contributed by atoms with Crippen molar-refractivity contribution in [2.24, 2.45) is 0 Å². The molecule has 0 saturated carbocycles. The number of rotatable bonds is 4. The van der Waals surface area contributed by atoms with Crippen LogP contribution < -0.4 is 5.32 Å². The van der Waals surface area contributed by atoms with Crippen molar-refractivity contribution in [2.75, 3.05) is 7.05 Å². The maximum atomic E-state index is 5.94. The molecule has 20 heavy (non-hydrogen) atoms. The third-order valence-corrected chi connectivity index (χ3v) is 3.57. The predicted molar refractivity (Wildman–Crippen MR) is 83.1 cm³/mol. The third kappa shape index (κ3) is 2.55. The summed E-state index contributed by atoms with van der Waals surface area (Å²) < 4.78 is 2.25. The fourth-order valence-corrected chi connectivity index (χ4v) is 2.49. The van der Waals surface area contributed by atoms with E-state index in [1.807, 2.05) is 37.4 Å². The Bertz CT molecular complexity index is 716. The number of benzene rings is 2. The first-order valence-corrected chi connectivity index (χ1v) is 6.99. The van der Waals surface area contributed by atoms with E-state index in [0.29, 0.717) is 0 Å². The van der Waals surface area contributed by atoms with Crippen LogP contribution in [0.2, 0.25) is 5.02 Å². The molecule has 3 aromatic rings. The van der Waals surface area contributed by atoms with Gasteiger partial charge >= 0.3 is 0 Å². The van der Waals surface area contributed by atoms with Crippen LogP contribution in [0.5, 0.6) is 0 Å². The SMILES string of the molecule is CNCc1nc2ccccc2n1Cc1ccc(Cl)cc1. The highest BCUT2D eigenvalue weighted by molar-refractivity contribution is 6.30. The summed E-state index contributed by atoms with van der Waals surface area (Å²) in [6.45, 7) is 1.55. The van der Waals surface area contributed by atoms with Crippen LogP contribution in [0, 0.1) is 0 Å². The molecule has 3 rings (SSSR count). The van der Waals surface area contributed by atoms with E-state index in [-0.39, 0.29) is 0 Å². The van der Waals surface area contributed by atoms with Gasteiger partial charge in [-0.1, -0.05) is 35.9 Å². The number of hydrogen-bond acceptors (Lipinski definition) is 2. The Morgan fingerprint density at radius 2 is 1.85 bits per heavy atom. The van der Waals surface area contributed by atoms with Gasteiger partial charge in [-0.25, -0.2) is 4.98 Å². The number of aromatic nitrogens is 2. The number of halogens is 1. The Kier molecular flexibility index (Phi) is 3.72. The van der Waals surface area contributed by atoms with E-state index in [9.17, 15) is 0 Å². The van der Waals surface area contributed by atoms with Crippen molar-refractivity contribution in [1.29, 1.82) is 0 Å². The predicted octanol–water partition coefficient (Wildman–Crippen LogP) is 3.46. The maximum absolute atomic E-state index is 5.94. The van der Waals surface area contributed by atoms with Crippen LogP contribution in [0.15, 0.2) is 48.5 Å². The largest absolute Gasteiger partial charge is 0.322 e. The van der Waals surface area contributed by atoms with Gasteiger partial charge < -0.3 is 9.88 Å². The fraction of sp³-hybridized carbons (Fsp3) is 0.188. The van der Waals surface area contributed by atoms with Crippen molar-refractivity contribution < 1.29 is 0 Å². The molecular weight excluding hydrogens is 270 g/mol. The first-order valence-electron chi connectivity index (χ1n) is 6.61. The second kappa shape index (κ2) is 5.65. The van der Waals surface area contributed by atoms with Gasteiger partial charge in [-0.15, -0.1) is 0 Å². The number of para-hydroxylation sites is 2. The van der Waals surface area contributed by atoms with Crippen LogP contribution in [0.3, 0.4) is 0 Å². The molecule has 0 fully saturated rings. The summed E-state index contributed by atoms with van der Waals surface area (Å²) in [6, 6.07) is 16.2.